The molecular formula is C25H19Cl2F2N3O3. The van der Waals surface area contributed by atoms with E-state index in [-0.39, 0.29) is 39.0 Å². The number of aromatic hydroxyl groups is 1. The standard InChI is InChI=1S/C25H19Cl2F2N3O3/c1-25(28,29)11-14-4-2-5-15(8-14)12-32-13-30-19-6-3-7-20(21(19)24(32)35)31-23(34)16-9-17(26)22(33)18(27)10-16/h2-10,13,33H,11-12H2,1H3,(H,31,34). The predicted octanol–water partition coefficient (Wildman–Crippen LogP) is 5.91. The van der Waals surface area contributed by atoms with Crippen LogP contribution in [0.4, 0.5) is 14.5 Å². The maximum Gasteiger partial charge on any atom is 0.263 e. The van der Waals surface area contributed by atoms with E-state index >= 15 is 0 Å². The molecule has 0 fully saturated rings. The quantitative estimate of drug-likeness (QED) is 0.333. The van der Waals surface area contributed by atoms with Crippen LogP contribution in [0.3, 0.4) is 0 Å². The zero-order valence-corrected chi connectivity index (χ0v) is 19.9. The number of benzene rings is 3. The van der Waals surface area contributed by atoms with Gasteiger partial charge in [-0.15, -0.1) is 0 Å². The van der Waals surface area contributed by atoms with E-state index in [0.717, 1.165) is 6.92 Å². The van der Waals surface area contributed by atoms with Crippen molar-refractivity contribution in [2.24, 2.45) is 0 Å². The Morgan fingerprint density at radius 3 is 2.43 bits per heavy atom. The Bertz CT molecular complexity index is 1480. The minimum absolute atomic E-state index is 0.0866. The third kappa shape index (κ3) is 5.61. The second kappa shape index (κ2) is 9.64. The first-order chi connectivity index (χ1) is 16.5. The SMILES string of the molecule is CC(F)(F)Cc1cccc(Cn2cnc3cccc(NC(=O)c4cc(Cl)c(O)c(Cl)c4)c3c2=O)c1. The van der Waals surface area contributed by atoms with Gasteiger partial charge in [0.1, 0.15) is 0 Å². The molecule has 0 aliphatic carbocycles. The van der Waals surface area contributed by atoms with Gasteiger partial charge in [-0.25, -0.2) is 13.8 Å². The molecule has 0 saturated carbocycles. The summed E-state index contributed by atoms with van der Waals surface area (Å²) in [6.07, 6.45) is 0.962. The van der Waals surface area contributed by atoms with Crippen LogP contribution in [0.15, 0.2) is 65.7 Å². The first kappa shape index (κ1) is 24.6. The Morgan fingerprint density at radius 2 is 1.74 bits per heavy atom. The lowest BCUT2D eigenvalue weighted by Gasteiger charge is -2.13. The summed E-state index contributed by atoms with van der Waals surface area (Å²) in [5, 5.41) is 12.4. The third-order valence-corrected chi connectivity index (χ3v) is 5.82. The van der Waals surface area contributed by atoms with Crippen LogP contribution in [0.1, 0.15) is 28.4 Å². The average molecular weight is 518 g/mol. The van der Waals surface area contributed by atoms with E-state index in [1.165, 1.54) is 23.0 Å². The lowest BCUT2D eigenvalue weighted by Crippen LogP contribution is -2.23. The summed E-state index contributed by atoms with van der Waals surface area (Å²) in [5.41, 5.74) is 1.37. The number of alkyl halides is 2. The van der Waals surface area contributed by atoms with Gasteiger partial charge in [0, 0.05) is 12.0 Å². The number of carbonyl (C=O) groups excluding carboxylic acids is 1. The Hall–Kier alpha value is -3.49. The monoisotopic (exact) mass is 517 g/mol. The lowest BCUT2D eigenvalue weighted by atomic mass is 10.1. The summed E-state index contributed by atoms with van der Waals surface area (Å²) < 4.78 is 28.2. The van der Waals surface area contributed by atoms with Crippen molar-refractivity contribution in [3.8, 4) is 5.75 Å². The summed E-state index contributed by atoms with van der Waals surface area (Å²) in [7, 11) is 0. The largest absolute Gasteiger partial charge is 0.505 e. The van der Waals surface area contributed by atoms with Gasteiger partial charge < -0.3 is 10.4 Å². The van der Waals surface area contributed by atoms with Crippen molar-refractivity contribution in [1.29, 1.82) is 0 Å². The van der Waals surface area contributed by atoms with Crippen molar-refractivity contribution in [1.82, 2.24) is 9.55 Å². The van der Waals surface area contributed by atoms with E-state index in [4.69, 9.17) is 23.2 Å². The van der Waals surface area contributed by atoms with Crippen molar-refractivity contribution in [3.05, 3.63) is 98.0 Å². The molecule has 0 atom stereocenters. The van der Waals surface area contributed by atoms with Crippen LogP contribution < -0.4 is 10.9 Å². The number of carbonyl (C=O) groups is 1. The molecule has 1 heterocycles. The van der Waals surface area contributed by atoms with Crippen LogP contribution in [0.2, 0.25) is 10.0 Å². The maximum atomic E-state index is 13.4. The number of rotatable bonds is 6. The first-order valence-electron chi connectivity index (χ1n) is 10.4. The summed E-state index contributed by atoms with van der Waals surface area (Å²) in [6.45, 7) is 0.962. The van der Waals surface area contributed by atoms with Gasteiger partial charge in [-0.05, 0) is 42.3 Å². The van der Waals surface area contributed by atoms with Gasteiger partial charge in [0.05, 0.1) is 39.5 Å². The molecule has 35 heavy (non-hydrogen) atoms. The third-order valence-electron chi connectivity index (χ3n) is 5.24. The highest BCUT2D eigenvalue weighted by Gasteiger charge is 2.21. The molecule has 6 nitrogen and oxygen atoms in total. The van der Waals surface area contributed by atoms with Gasteiger partial charge in [0.25, 0.3) is 11.5 Å². The smallest absolute Gasteiger partial charge is 0.263 e. The molecule has 1 aromatic heterocycles. The van der Waals surface area contributed by atoms with E-state index < -0.39 is 23.8 Å². The Balaban J connectivity index is 1.67. The van der Waals surface area contributed by atoms with Crippen LogP contribution in [-0.4, -0.2) is 26.5 Å². The molecule has 4 aromatic rings. The van der Waals surface area contributed by atoms with Gasteiger partial charge in [0.2, 0.25) is 5.92 Å². The van der Waals surface area contributed by atoms with E-state index in [1.807, 2.05) is 0 Å². The van der Waals surface area contributed by atoms with E-state index in [0.29, 0.717) is 16.6 Å². The van der Waals surface area contributed by atoms with Gasteiger partial charge in [0.15, 0.2) is 5.75 Å². The molecule has 180 valence electrons. The fourth-order valence-electron chi connectivity index (χ4n) is 3.70. The van der Waals surface area contributed by atoms with Crippen LogP contribution in [0, 0.1) is 0 Å². The van der Waals surface area contributed by atoms with Crippen molar-refractivity contribution in [2.45, 2.75) is 25.8 Å². The van der Waals surface area contributed by atoms with Gasteiger partial charge in [-0.3, -0.25) is 14.2 Å². The summed E-state index contributed by atoms with van der Waals surface area (Å²) in [6, 6.07) is 14.0. The summed E-state index contributed by atoms with van der Waals surface area (Å²) in [5.74, 6) is -3.78. The molecule has 2 N–H and O–H groups in total. The number of phenols is 1. The number of phenolic OH excluding ortho intramolecular Hbond substituents is 1. The molecule has 1 amide bonds. The molecule has 0 aliphatic heterocycles. The molecule has 0 saturated heterocycles. The highest BCUT2D eigenvalue weighted by Crippen LogP contribution is 2.33. The second-order valence-electron chi connectivity index (χ2n) is 8.19. The van der Waals surface area contributed by atoms with Crippen LogP contribution in [0.5, 0.6) is 5.75 Å². The number of hydrogen-bond donors (Lipinski definition) is 2. The molecule has 4 rings (SSSR count). The molecule has 3 aromatic carbocycles. The molecule has 0 aliphatic rings. The maximum absolute atomic E-state index is 13.4. The average Bonchev–Trinajstić information content (AvgIpc) is 2.78. The van der Waals surface area contributed by atoms with Crippen molar-refractivity contribution >= 4 is 45.7 Å². The van der Waals surface area contributed by atoms with Crippen LogP contribution in [-0.2, 0) is 13.0 Å². The van der Waals surface area contributed by atoms with Crippen LogP contribution in [0.25, 0.3) is 10.9 Å². The molecule has 0 unspecified atom stereocenters. The Kier molecular flexibility index (Phi) is 6.78. The zero-order valence-electron chi connectivity index (χ0n) is 18.4. The second-order valence-corrected chi connectivity index (χ2v) is 9.00. The highest BCUT2D eigenvalue weighted by molar-refractivity contribution is 6.37. The van der Waals surface area contributed by atoms with Crippen LogP contribution >= 0.6 is 23.2 Å². The number of nitrogens with one attached hydrogen (secondary N) is 1. The number of amides is 1. The fraction of sp³-hybridized carbons (Fsp3) is 0.160. The van der Waals surface area contributed by atoms with E-state index in [1.54, 1.807) is 42.5 Å². The summed E-state index contributed by atoms with van der Waals surface area (Å²) >= 11 is 11.8. The van der Waals surface area contributed by atoms with Crippen molar-refractivity contribution in [2.75, 3.05) is 5.32 Å². The lowest BCUT2D eigenvalue weighted by molar-refractivity contribution is 0.0226. The van der Waals surface area contributed by atoms with Gasteiger partial charge in [-0.2, -0.15) is 0 Å². The zero-order chi connectivity index (χ0) is 25.3. The summed E-state index contributed by atoms with van der Waals surface area (Å²) in [4.78, 5) is 30.4. The Labute approximate surface area is 208 Å². The van der Waals surface area contributed by atoms with Crippen molar-refractivity contribution < 1.29 is 18.7 Å². The number of nitrogens with zero attached hydrogens (tertiary/aromatic N) is 2. The van der Waals surface area contributed by atoms with Gasteiger partial charge >= 0.3 is 0 Å². The fourth-order valence-corrected chi connectivity index (χ4v) is 4.19. The number of hydrogen-bond acceptors (Lipinski definition) is 4. The number of anilines is 1. The number of fused-ring (bicyclic) bond motifs is 1. The van der Waals surface area contributed by atoms with E-state index in [9.17, 15) is 23.5 Å². The minimum Gasteiger partial charge on any atom is -0.505 e. The normalized spacial score (nSPS) is 11.6. The molecular weight excluding hydrogens is 499 g/mol. The number of aromatic nitrogens is 2. The van der Waals surface area contributed by atoms with E-state index in [2.05, 4.69) is 10.3 Å². The number of halogens is 4. The van der Waals surface area contributed by atoms with Crippen molar-refractivity contribution in [3.63, 3.8) is 0 Å². The molecule has 0 radical (unpaired) electrons. The minimum atomic E-state index is -2.85. The predicted molar refractivity (Wildman–Crippen MR) is 132 cm³/mol. The molecule has 0 bridgehead atoms. The highest BCUT2D eigenvalue weighted by atomic mass is 35.5. The topological polar surface area (TPSA) is 84.2 Å². The van der Waals surface area contributed by atoms with Gasteiger partial charge in [-0.1, -0.05) is 53.5 Å². The molecule has 0 spiro atoms. The molecule has 10 heteroatoms. The Morgan fingerprint density at radius 1 is 1.09 bits per heavy atom. The first-order valence-corrected chi connectivity index (χ1v) is 11.2.